The molecule has 1 aliphatic carbocycles. The van der Waals surface area contributed by atoms with Crippen LogP contribution in [0.2, 0.25) is 0 Å². The molecule has 0 amide bonds. The van der Waals surface area contributed by atoms with Gasteiger partial charge in [0.05, 0.1) is 12.7 Å². The Bertz CT molecular complexity index is 427. The summed E-state index contributed by atoms with van der Waals surface area (Å²) in [6.07, 6.45) is 3.12. The third-order valence-corrected chi connectivity index (χ3v) is 4.65. The Kier molecular flexibility index (Phi) is 3.67. The van der Waals surface area contributed by atoms with E-state index in [-0.39, 0.29) is 5.92 Å². The summed E-state index contributed by atoms with van der Waals surface area (Å²) in [6.45, 7) is 6.45. The SMILES string of the molecule is COc1ccc(C)cc1C1(O)CCCC(C)C1C. The molecule has 0 spiro atoms. The third kappa shape index (κ3) is 2.14. The molecule has 0 saturated heterocycles. The van der Waals surface area contributed by atoms with Crippen molar-refractivity contribution >= 4 is 0 Å². The normalized spacial score (nSPS) is 32.3. The highest BCUT2D eigenvalue weighted by atomic mass is 16.5. The maximum absolute atomic E-state index is 11.1. The Balaban J connectivity index is 2.48. The molecule has 0 radical (unpaired) electrons. The second kappa shape index (κ2) is 4.93. The quantitative estimate of drug-likeness (QED) is 0.865. The van der Waals surface area contributed by atoms with Crippen molar-refractivity contribution in [1.82, 2.24) is 0 Å². The molecular weight excluding hydrogens is 224 g/mol. The average Bonchev–Trinajstić information content (AvgIpc) is 2.36. The van der Waals surface area contributed by atoms with Crippen LogP contribution in [0.4, 0.5) is 0 Å². The van der Waals surface area contributed by atoms with E-state index < -0.39 is 5.60 Å². The number of ether oxygens (including phenoxy) is 1. The monoisotopic (exact) mass is 248 g/mol. The largest absolute Gasteiger partial charge is 0.496 e. The van der Waals surface area contributed by atoms with Crippen molar-refractivity contribution in [3.8, 4) is 5.75 Å². The van der Waals surface area contributed by atoms with Gasteiger partial charge in [0.25, 0.3) is 0 Å². The fourth-order valence-corrected chi connectivity index (χ4v) is 3.18. The molecule has 2 rings (SSSR count). The van der Waals surface area contributed by atoms with Crippen molar-refractivity contribution < 1.29 is 9.84 Å². The lowest BCUT2D eigenvalue weighted by atomic mass is 9.67. The smallest absolute Gasteiger partial charge is 0.124 e. The van der Waals surface area contributed by atoms with Gasteiger partial charge in [0.15, 0.2) is 0 Å². The number of methoxy groups -OCH3 is 1. The van der Waals surface area contributed by atoms with Gasteiger partial charge >= 0.3 is 0 Å². The van der Waals surface area contributed by atoms with E-state index in [9.17, 15) is 5.11 Å². The first-order valence-corrected chi connectivity index (χ1v) is 6.86. The second-order valence-corrected chi connectivity index (χ2v) is 5.79. The topological polar surface area (TPSA) is 29.5 Å². The first-order valence-electron chi connectivity index (χ1n) is 6.86. The molecule has 1 aliphatic rings. The van der Waals surface area contributed by atoms with Crippen molar-refractivity contribution in [3.05, 3.63) is 29.3 Å². The van der Waals surface area contributed by atoms with Crippen LogP contribution in [0.5, 0.6) is 5.75 Å². The van der Waals surface area contributed by atoms with E-state index in [4.69, 9.17) is 4.74 Å². The standard InChI is InChI=1S/C16H24O2/c1-11-7-8-15(18-4)14(10-11)16(17)9-5-6-12(2)13(16)3/h7-8,10,12-13,17H,5-6,9H2,1-4H3. The minimum absolute atomic E-state index is 0.266. The van der Waals surface area contributed by atoms with Crippen LogP contribution in [-0.2, 0) is 5.60 Å². The molecule has 0 aliphatic heterocycles. The molecule has 1 N–H and O–H groups in total. The molecule has 1 aromatic rings. The van der Waals surface area contributed by atoms with Crippen LogP contribution in [0.3, 0.4) is 0 Å². The van der Waals surface area contributed by atoms with Crippen molar-refractivity contribution in [2.24, 2.45) is 11.8 Å². The first kappa shape index (κ1) is 13.4. The van der Waals surface area contributed by atoms with Crippen LogP contribution in [-0.4, -0.2) is 12.2 Å². The molecule has 0 bridgehead atoms. The van der Waals surface area contributed by atoms with Crippen LogP contribution in [0.25, 0.3) is 0 Å². The molecule has 0 heterocycles. The van der Waals surface area contributed by atoms with E-state index in [1.54, 1.807) is 7.11 Å². The van der Waals surface area contributed by atoms with Crippen LogP contribution in [0, 0.1) is 18.8 Å². The maximum Gasteiger partial charge on any atom is 0.124 e. The molecule has 1 fully saturated rings. The van der Waals surface area contributed by atoms with Gasteiger partial charge < -0.3 is 9.84 Å². The minimum Gasteiger partial charge on any atom is -0.496 e. The number of benzene rings is 1. The van der Waals surface area contributed by atoms with Gasteiger partial charge in [-0.05, 0) is 43.7 Å². The zero-order valence-electron chi connectivity index (χ0n) is 11.9. The number of rotatable bonds is 2. The second-order valence-electron chi connectivity index (χ2n) is 5.79. The Labute approximate surface area is 110 Å². The first-order chi connectivity index (χ1) is 8.49. The molecule has 100 valence electrons. The molecule has 1 aromatic carbocycles. The summed E-state index contributed by atoms with van der Waals surface area (Å²) in [7, 11) is 1.68. The molecule has 3 unspecified atom stereocenters. The lowest BCUT2D eigenvalue weighted by Crippen LogP contribution is -2.40. The molecule has 2 heteroatoms. The summed E-state index contributed by atoms with van der Waals surface area (Å²) < 4.78 is 5.44. The van der Waals surface area contributed by atoms with Gasteiger partial charge in [0.2, 0.25) is 0 Å². The highest BCUT2D eigenvalue weighted by Gasteiger charge is 2.42. The van der Waals surface area contributed by atoms with Crippen molar-refractivity contribution in [1.29, 1.82) is 0 Å². The summed E-state index contributed by atoms with van der Waals surface area (Å²) in [5.41, 5.74) is 1.39. The summed E-state index contributed by atoms with van der Waals surface area (Å²) in [4.78, 5) is 0. The molecule has 18 heavy (non-hydrogen) atoms. The Morgan fingerprint density at radius 2 is 2.06 bits per heavy atom. The summed E-state index contributed by atoms with van der Waals surface area (Å²) in [5.74, 6) is 1.62. The number of aryl methyl sites for hydroxylation is 1. The zero-order chi connectivity index (χ0) is 13.3. The van der Waals surface area contributed by atoms with Gasteiger partial charge in [0, 0.05) is 5.56 Å². The van der Waals surface area contributed by atoms with E-state index in [1.165, 1.54) is 12.0 Å². The summed E-state index contributed by atoms with van der Waals surface area (Å²) in [5, 5.41) is 11.1. The fraction of sp³-hybridized carbons (Fsp3) is 0.625. The molecule has 3 atom stereocenters. The maximum atomic E-state index is 11.1. The van der Waals surface area contributed by atoms with E-state index in [0.717, 1.165) is 24.2 Å². The van der Waals surface area contributed by atoms with Crippen LogP contribution < -0.4 is 4.74 Å². The van der Waals surface area contributed by atoms with E-state index in [0.29, 0.717) is 5.92 Å². The predicted molar refractivity (Wildman–Crippen MR) is 73.8 cm³/mol. The van der Waals surface area contributed by atoms with Crippen molar-refractivity contribution in [3.63, 3.8) is 0 Å². The van der Waals surface area contributed by atoms with Crippen molar-refractivity contribution in [2.75, 3.05) is 7.11 Å². The van der Waals surface area contributed by atoms with Gasteiger partial charge in [-0.1, -0.05) is 31.9 Å². The van der Waals surface area contributed by atoms with Crippen LogP contribution in [0.15, 0.2) is 18.2 Å². The van der Waals surface area contributed by atoms with Crippen LogP contribution >= 0.6 is 0 Å². The Hall–Kier alpha value is -1.02. The zero-order valence-corrected chi connectivity index (χ0v) is 11.9. The summed E-state index contributed by atoms with van der Waals surface area (Å²) >= 11 is 0. The van der Waals surface area contributed by atoms with E-state index in [1.807, 2.05) is 12.1 Å². The lowest BCUT2D eigenvalue weighted by molar-refractivity contribution is -0.0702. The van der Waals surface area contributed by atoms with Gasteiger partial charge in [0.1, 0.15) is 5.75 Å². The molecule has 0 aromatic heterocycles. The fourth-order valence-electron chi connectivity index (χ4n) is 3.18. The number of aliphatic hydroxyl groups is 1. The van der Waals surface area contributed by atoms with Gasteiger partial charge in [-0.25, -0.2) is 0 Å². The van der Waals surface area contributed by atoms with Crippen LogP contribution in [0.1, 0.15) is 44.2 Å². The molecule has 2 nitrogen and oxygen atoms in total. The summed E-state index contributed by atoms with van der Waals surface area (Å²) in [6, 6.07) is 6.07. The average molecular weight is 248 g/mol. The molecule has 1 saturated carbocycles. The van der Waals surface area contributed by atoms with Gasteiger partial charge in [-0.15, -0.1) is 0 Å². The Morgan fingerprint density at radius 3 is 2.72 bits per heavy atom. The van der Waals surface area contributed by atoms with Gasteiger partial charge in [-0.3, -0.25) is 0 Å². The molecular formula is C16H24O2. The van der Waals surface area contributed by atoms with Crippen molar-refractivity contribution in [2.45, 2.75) is 45.6 Å². The highest BCUT2D eigenvalue weighted by Crippen LogP contribution is 2.47. The predicted octanol–water partition coefficient (Wildman–Crippen LogP) is 3.65. The van der Waals surface area contributed by atoms with E-state index >= 15 is 0 Å². The number of hydrogen-bond donors (Lipinski definition) is 1. The third-order valence-electron chi connectivity index (χ3n) is 4.65. The van der Waals surface area contributed by atoms with E-state index in [2.05, 4.69) is 26.8 Å². The van der Waals surface area contributed by atoms with Gasteiger partial charge in [-0.2, -0.15) is 0 Å². The highest BCUT2D eigenvalue weighted by molar-refractivity contribution is 5.41. The minimum atomic E-state index is -0.741. The Morgan fingerprint density at radius 1 is 1.33 bits per heavy atom. The number of hydrogen-bond acceptors (Lipinski definition) is 2. The lowest BCUT2D eigenvalue weighted by Gasteiger charge is -2.43.